The molecule has 10 heteroatoms. The van der Waals surface area contributed by atoms with Crippen LogP contribution in [0.1, 0.15) is 24.8 Å². The number of hydrogen-bond acceptors (Lipinski definition) is 5. The first-order chi connectivity index (χ1) is 12.7. The van der Waals surface area contributed by atoms with Gasteiger partial charge < -0.3 is 25.2 Å². The van der Waals surface area contributed by atoms with Crippen LogP contribution in [0.3, 0.4) is 0 Å². The Hall–Kier alpha value is -2.33. The van der Waals surface area contributed by atoms with Gasteiger partial charge in [0.05, 0.1) is 37.8 Å². The molecule has 7 nitrogen and oxygen atoms in total. The minimum Gasteiger partial charge on any atom is -0.469 e. The van der Waals surface area contributed by atoms with Crippen LogP contribution >= 0.6 is 0 Å². The molecule has 0 aliphatic carbocycles. The van der Waals surface area contributed by atoms with Gasteiger partial charge in [-0.05, 0) is 37.1 Å². The van der Waals surface area contributed by atoms with Crippen molar-refractivity contribution in [1.82, 2.24) is 5.32 Å². The zero-order valence-corrected chi connectivity index (χ0v) is 14.6. The molecule has 1 fully saturated rings. The molecule has 1 aliphatic heterocycles. The molecular weight excluding hydrogens is 369 g/mol. The number of esters is 1. The van der Waals surface area contributed by atoms with E-state index in [1.807, 2.05) is 0 Å². The van der Waals surface area contributed by atoms with Crippen LogP contribution in [0, 0.1) is 0 Å². The molecule has 1 aliphatic rings. The Labute approximate surface area is 153 Å². The van der Waals surface area contributed by atoms with E-state index in [-0.39, 0.29) is 18.7 Å². The van der Waals surface area contributed by atoms with Gasteiger partial charge in [0.2, 0.25) is 0 Å². The maximum atomic E-state index is 12.5. The number of benzene rings is 1. The number of amides is 2. The lowest BCUT2D eigenvalue weighted by Crippen LogP contribution is -2.52. The Kier molecular flexibility index (Phi) is 7.03. The van der Waals surface area contributed by atoms with E-state index < -0.39 is 42.0 Å². The van der Waals surface area contributed by atoms with Gasteiger partial charge in [-0.25, -0.2) is 4.79 Å². The smallest absolute Gasteiger partial charge is 0.416 e. The summed E-state index contributed by atoms with van der Waals surface area (Å²) in [5.74, 6) is -0.428. The van der Waals surface area contributed by atoms with Gasteiger partial charge in [-0.1, -0.05) is 0 Å². The molecule has 2 rings (SSSR count). The second-order valence-electron chi connectivity index (χ2n) is 6.12. The van der Waals surface area contributed by atoms with Crippen molar-refractivity contribution in [2.24, 2.45) is 0 Å². The zero-order chi connectivity index (χ0) is 20.0. The molecule has 0 radical (unpaired) electrons. The lowest BCUT2D eigenvalue weighted by atomic mass is 9.97. The number of carbonyl (C=O) groups excluding carboxylic acids is 2. The third-order valence-corrected chi connectivity index (χ3v) is 4.20. The molecule has 2 amide bonds. The molecule has 3 atom stereocenters. The average molecular weight is 390 g/mol. The van der Waals surface area contributed by atoms with Gasteiger partial charge in [-0.15, -0.1) is 0 Å². The minimum absolute atomic E-state index is 0.0530. The lowest BCUT2D eigenvalue weighted by Gasteiger charge is -2.35. The summed E-state index contributed by atoms with van der Waals surface area (Å²) in [7, 11) is 1.27. The molecule has 0 saturated carbocycles. The maximum absolute atomic E-state index is 12.5. The number of alkyl halides is 3. The topological polar surface area (TPSA) is 96.9 Å². The van der Waals surface area contributed by atoms with Crippen molar-refractivity contribution in [2.45, 2.75) is 43.7 Å². The van der Waals surface area contributed by atoms with Crippen LogP contribution in [0.25, 0.3) is 0 Å². The molecule has 3 N–H and O–H groups in total. The number of aliphatic hydroxyl groups excluding tert-OH is 1. The molecule has 0 unspecified atom stereocenters. The normalized spacial score (nSPS) is 22.8. The summed E-state index contributed by atoms with van der Waals surface area (Å²) >= 11 is 0. The zero-order valence-electron chi connectivity index (χ0n) is 14.6. The van der Waals surface area contributed by atoms with Crippen LogP contribution < -0.4 is 10.6 Å². The van der Waals surface area contributed by atoms with Crippen LogP contribution in [0.5, 0.6) is 0 Å². The number of halogens is 3. The number of methoxy groups -OCH3 is 1. The molecular formula is C17H21F3N2O5. The van der Waals surface area contributed by atoms with Crippen LogP contribution in [0.15, 0.2) is 24.3 Å². The van der Waals surface area contributed by atoms with Crippen molar-refractivity contribution < 1.29 is 37.3 Å². The quantitative estimate of drug-likeness (QED) is 0.671. The van der Waals surface area contributed by atoms with Gasteiger partial charge in [0, 0.05) is 5.69 Å². The number of aliphatic hydroxyl groups is 1. The highest BCUT2D eigenvalue weighted by Gasteiger charge is 2.33. The van der Waals surface area contributed by atoms with E-state index in [1.54, 1.807) is 0 Å². The second kappa shape index (κ2) is 9.05. The molecule has 0 aromatic heterocycles. The third kappa shape index (κ3) is 6.10. The Bertz CT molecular complexity index is 651. The SMILES string of the molecule is COC(=O)C[C@H]1CC[C@@H](NC(=O)Nc2ccc(C(F)(F)F)cc2)[C@@H](CO)O1. The van der Waals surface area contributed by atoms with E-state index >= 15 is 0 Å². The van der Waals surface area contributed by atoms with Crippen molar-refractivity contribution in [3.63, 3.8) is 0 Å². The van der Waals surface area contributed by atoms with E-state index in [1.165, 1.54) is 7.11 Å². The fourth-order valence-corrected chi connectivity index (χ4v) is 2.79. The van der Waals surface area contributed by atoms with Gasteiger partial charge in [0.25, 0.3) is 0 Å². The first kappa shape index (κ1) is 21.0. The Balaban J connectivity index is 1.88. The average Bonchev–Trinajstić information content (AvgIpc) is 2.62. The molecule has 1 heterocycles. The van der Waals surface area contributed by atoms with E-state index in [0.29, 0.717) is 12.8 Å². The Morgan fingerprint density at radius 1 is 1.26 bits per heavy atom. The number of urea groups is 1. The Morgan fingerprint density at radius 2 is 1.93 bits per heavy atom. The number of nitrogens with one attached hydrogen (secondary N) is 2. The highest BCUT2D eigenvalue weighted by Crippen LogP contribution is 2.29. The third-order valence-electron chi connectivity index (χ3n) is 4.20. The molecule has 150 valence electrons. The summed E-state index contributed by atoms with van der Waals surface area (Å²) in [6.45, 7) is -0.358. The summed E-state index contributed by atoms with van der Waals surface area (Å²) in [6, 6.07) is 2.90. The monoisotopic (exact) mass is 390 g/mol. The van der Waals surface area contributed by atoms with Crippen LogP contribution in [0.2, 0.25) is 0 Å². The first-order valence-corrected chi connectivity index (χ1v) is 8.31. The second-order valence-corrected chi connectivity index (χ2v) is 6.12. The number of carbonyl (C=O) groups is 2. The summed E-state index contributed by atoms with van der Waals surface area (Å²) in [5, 5.41) is 14.5. The number of anilines is 1. The van der Waals surface area contributed by atoms with E-state index in [2.05, 4.69) is 15.4 Å². The van der Waals surface area contributed by atoms with Crippen molar-refractivity contribution in [2.75, 3.05) is 19.0 Å². The maximum Gasteiger partial charge on any atom is 0.416 e. The number of ether oxygens (including phenoxy) is 2. The van der Waals surface area contributed by atoms with Crippen molar-refractivity contribution in [1.29, 1.82) is 0 Å². The molecule has 1 aromatic carbocycles. The summed E-state index contributed by atoms with van der Waals surface area (Å²) in [4.78, 5) is 23.4. The van der Waals surface area contributed by atoms with Crippen molar-refractivity contribution in [3.05, 3.63) is 29.8 Å². The Morgan fingerprint density at radius 3 is 2.48 bits per heavy atom. The predicted octanol–water partition coefficient (Wildman–Crippen LogP) is 2.30. The molecule has 0 bridgehead atoms. The number of hydrogen-bond donors (Lipinski definition) is 3. The predicted molar refractivity (Wildman–Crippen MR) is 89.0 cm³/mol. The van der Waals surface area contributed by atoms with E-state index in [0.717, 1.165) is 24.3 Å². The van der Waals surface area contributed by atoms with Crippen LogP contribution in [-0.2, 0) is 20.4 Å². The minimum atomic E-state index is -4.45. The van der Waals surface area contributed by atoms with Crippen LogP contribution in [0.4, 0.5) is 23.7 Å². The fraction of sp³-hybridized carbons (Fsp3) is 0.529. The fourth-order valence-electron chi connectivity index (χ4n) is 2.79. The highest BCUT2D eigenvalue weighted by molar-refractivity contribution is 5.89. The van der Waals surface area contributed by atoms with E-state index in [9.17, 15) is 27.9 Å². The van der Waals surface area contributed by atoms with Gasteiger partial charge in [0.15, 0.2) is 0 Å². The molecule has 0 spiro atoms. The van der Waals surface area contributed by atoms with Crippen molar-refractivity contribution in [3.8, 4) is 0 Å². The number of rotatable bonds is 5. The largest absolute Gasteiger partial charge is 0.469 e. The summed E-state index contributed by atoms with van der Waals surface area (Å²) < 4.78 is 47.8. The van der Waals surface area contributed by atoms with E-state index in [4.69, 9.17) is 4.74 Å². The summed E-state index contributed by atoms with van der Waals surface area (Å²) in [6.07, 6.45) is -4.56. The highest BCUT2D eigenvalue weighted by atomic mass is 19.4. The molecule has 27 heavy (non-hydrogen) atoms. The van der Waals surface area contributed by atoms with Gasteiger partial charge >= 0.3 is 18.2 Å². The van der Waals surface area contributed by atoms with Gasteiger partial charge in [-0.3, -0.25) is 4.79 Å². The van der Waals surface area contributed by atoms with Crippen LogP contribution in [-0.4, -0.2) is 49.1 Å². The van der Waals surface area contributed by atoms with Gasteiger partial charge in [-0.2, -0.15) is 13.2 Å². The first-order valence-electron chi connectivity index (χ1n) is 8.31. The van der Waals surface area contributed by atoms with Gasteiger partial charge in [0.1, 0.15) is 6.10 Å². The standard InChI is InChI=1S/C17H21F3N2O5/c1-26-15(24)8-12-6-7-13(14(9-23)27-12)22-16(25)21-11-4-2-10(3-5-11)17(18,19)20/h2-5,12-14,23H,6-9H2,1H3,(H2,21,22,25)/t12-,13-,14-/m1/s1. The molecule has 1 aromatic rings. The summed E-state index contributed by atoms with van der Waals surface area (Å²) in [5.41, 5.74) is -0.618. The lowest BCUT2D eigenvalue weighted by molar-refractivity contribution is -0.149. The molecule has 1 saturated heterocycles. The van der Waals surface area contributed by atoms with Crippen molar-refractivity contribution >= 4 is 17.7 Å².